The molecule has 3 nitrogen and oxygen atoms in total. The molecule has 0 bridgehead atoms. The molecule has 0 aliphatic heterocycles. The van der Waals surface area contributed by atoms with Crippen LogP contribution in [0.1, 0.15) is 25.3 Å². The Morgan fingerprint density at radius 1 is 0.778 bits per heavy atom. The van der Waals surface area contributed by atoms with E-state index in [1.165, 1.54) is 6.07 Å². The zero-order chi connectivity index (χ0) is 13.3. The van der Waals surface area contributed by atoms with E-state index in [2.05, 4.69) is 0 Å². The highest BCUT2D eigenvalue weighted by molar-refractivity contribution is 5.69. The summed E-state index contributed by atoms with van der Waals surface area (Å²) >= 11 is 0. The fraction of sp³-hybridized carbons (Fsp3) is 0.200. The van der Waals surface area contributed by atoms with E-state index in [0.29, 0.717) is 0 Å². The molecule has 94 valence electrons. The second-order valence-electron chi connectivity index (χ2n) is 4.67. The largest absolute Gasteiger partial charge is 0.508 e. The molecule has 0 aromatic heterocycles. The van der Waals surface area contributed by atoms with Crippen LogP contribution in [0.2, 0.25) is 0 Å². The monoisotopic (exact) mass is 244 g/mol. The zero-order valence-corrected chi connectivity index (χ0v) is 10.4. The average molecular weight is 244 g/mol. The molecule has 0 radical (unpaired) electrons. The molecule has 2 rings (SSSR count). The summed E-state index contributed by atoms with van der Waals surface area (Å²) in [5.74, 6) is 0.502. The maximum atomic E-state index is 9.76. The standard InChI is InChI=1S/C15H16O3/c1-9(2)14-7-10(3-4-15(14)18)11-5-12(16)8-13(17)6-11/h3-9,16-18H,1-2H3. The maximum Gasteiger partial charge on any atom is 0.119 e. The maximum absolute atomic E-state index is 9.76. The molecule has 0 spiro atoms. The van der Waals surface area contributed by atoms with Crippen molar-refractivity contribution in [3.8, 4) is 28.4 Å². The van der Waals surface area contributed by atoms with Gasteiger partial charge in [-0.3, -0.25) is 0 Å². The summed E-state index contributed by atoms with van der Waals surface area (Å²) in [5, 5.41) is 28.7. The van der Waals surface area contributed by atoms with Gasteiger partial charge in [0.1, 0.15) is 17.2 Å². The minimum Gasteiger partial charge on any atom is -0.508 e. The number of phenols is 3. The van der Waals surface area contributed by atoms with E-state index in [-0.39, 0.29) is 23.2 Å². The minimum absolute atomic E-state index is 0.0178. The summed E-state index contributed by atoms with van der Waals surface area (Å²) in [4.78, 5) is 0. The molecule has 2 aromatic rings. The Morgan fingerprint density at radius 2 is 1.39 bits per heavy atom. The Labute approximate surface area is 106 Å². The fourth-order valence-corrected chi connectivity index (χ4v) is 1.96. The van der Waals surface area contributed by atoms with Crippen LogP contribution in [0, 0.1) is 0 Å². The molecule has 0 heterocycles. The molecule has 2 aromatic carbocycles. The molecule has 0 aliphatic rings. The molecule has 0 aliphatic carbocycles. The quantitative estimate of drug-likeness (QED) is 0.756. The molecular weight excluding hydrogens is 228 g/mol. The summed E-state index contributed by atoms with van der Waals surface area (Å²) in [5.41, 5.74) is 2.41. The third kappa shape index (κ3) is 2.40. The molecule has 0 saturated heterocycles. The molecule has 18 heavy (non-hydrogen) atoms. The van der Waals surface area contributed by atoms with E-state index in [4.69, 9.17) is 0 Å². The molecule has 3 heteroatoms. The van der Waals surface area contributed by atoms with Gasteiger partial charge in [0.25, 0.3) is 0 Å². The van der Waals surface area contributed by atoms with E-state index in [9.17, 15) is 15.3 Å². The van der Waals surface area contributed by atoms with Crippen molar-refractivity contribution in [2.45, 2.75) is 19.8 Å². The van der Waals surface area contributed by atoms with Gasteiger partial charge in [-0.2, -0.15) is 0 Å². The lowest BCUT2D eigenvalue weighted by Gasteiger charge is -2.11. The van der Waals surface area contributed by atoms with E-state index in [1.807, 2.05) is 19.9 Å². The SMILES string of the molecule is CC(C)c1cc(-c2cc(O)cc(O)c2)ccc1O. The van der Waals surface area contributed by atoms with Crippen LogP contribution in [0.4, 0.5) is 0 Å². The Kier molecular flexibility index (Phi) is 3.15. The zero-order valence-electron chi connectivity index (χ0n) is 10.4. The lowest BCUT2D eigenvalue weighted by atomic mass is 9.96. The first kappa shape index (κ1) is 12.3. The Balaban J connectivity index is 2.54. The van der Waals surface area contributed by atoms with Crippen LogP contribution in [0.5, 0.6) is 17.2 Å². The smallest absolute Gasteiger partial charge is 0.119 e. The summed E-state index contributed by atoms with van der Waals surface area (Å²) in [6.45, 7) is 4.00. The number of phenolic OH excluding ortho intramolecular Hbond substituents is 3. The van der Waals surface area contributed by atoms with Gasteiger partial charge in [-0.25, -0.2) is 0 Å². The number of benzene rings is 2. The third-order valence-corrected chi connectivity index (χ3v) is 2.89. The van der Waals surface area contributed by atoms with Crippen molar-refractivity contribution >= 4 is 0 Å². The van der Waals surface area contributed by atoms with Crippen molar-refractivity contribution in [2.75, 3.05) is 0 Å². The minimum atomic E-state index is 0.0178. The summed E-state index contributed by atoms with van der Waals surface area (Å²) < 4.78 is 0. The van der Waals surface area contributed by atoms with E-state index in [0.717, 1.165) is 16.7 Å². The van der Waals surface area contributed by atoms with Crippen LogP contribution in [0.3, 0.4) is 0 Å². The number of aromatic hydroxyl groups is 3. The van der Waals surface area contributed by atoms with Gasteiger partial charge in [0.2, 0.25) is 0 Å². The topological polar surface area (TPSA) is 60.7 Å². The van der Waals surface area contributed by atoms with Gasteiger partial charge in [0, 0.05) is 6.07 Å². The van der Waals surface area contributed by atoms with Gasteiger partial charge in [-0.1, -0.05) is 19.9 Å². The number of rotatable bonds is 2. The Morgan fingerprint density at radius 3 is 1.94 bits per heavy atom. The molecule has 0 amide bonds. The molecule has 0 unspecified atom stereocenters. The van der Waals surface area contributed by atoms with Gasteiger partial charge < -0.3 is 15.3 Å². The highest BCUT2D eigenvalue weighted by Crippen LogP contribution is 2.33. The second-order valence-corrected chi connectivity index (χ2v) is 4.67. The van der Waals surface area contributed by atoms with Crippen LogP contribution >= 0.6 is 0 Å². The van der Waals surface area contributed by atoms with Gasteiger partial charge in [0.15, 0.2) is 0 Å². The van der Waals surface area contributed by atoms with Crippen LogP contribution < -0.4 is 0 Å². The average Bonchev–Trinajstić information content (AvgIpc) is 2.27. The van der Waals surface area contributed by atoms with Crippen LogP contribution in [0.25, 0.3) is 11.1 Å². The molecule has 0 fully saturated rings. The van der Waals surface area contributed by atoms with E-state index < -0.39 is 0 Å². The lowest BCUT2D eigenvalue weighted by molar-refractivity contribution is 0.451. The van der Waals surface area contributed by atoms with Gasteiger partial charge >= 0.3 is 0 Å². The Bertz CT molecular complexity index is 554. The number of hydrogen-bond donors (Lipinski definition) is 3. The second kappa shape index (κ2) is 4.61. The normalized spacial score (nSPS) is 10.8. The summed E-state index contributed by atoms with van der Waals surface area (Å²) in [7, 11) is 0. The Hall–Kier alpha value is -2.16. The first-order chi connectivity index (χ1) is 8.47. The van der Waals surface area contributed by atoms with Crippen molar-refractivity contribution < 1.29 is 15.3 Å². The van der Waals surface area contributed by atoms with Crippen molar-refractivity contribution in [1.29, 1.82) is 0 Å². The highest BCUT2D eigenvalue weighted by Gasteiger charge is 2.09. The molecular formula is C15H16O3. The van der Waals surface area contributed by atoms with Crippen molar-refractivity contribution in [2.24, 2.45) is 0 Å². The number of hydrogen-bond acceptors (Lipinski definition) is 3. The predicted octanol–water partition coefficient (Wildman–Crippen LogP) is 3.59. The van der Waals surface area contributed by atoms with Gasteiger partial charge in [-0.05, 0) is 46.9 Å². The van der Waals surface area contributed by atoms with E-state index >= 15 is 0 Å². The highest BCUT2D eigenvalue weighted by atomic mass is 16.3. The first-order valence-electron chi connectivity index (χ1n) is 5.83. The van der Waals surface area contributed by atoms with Crippen LogP contribution in [-0.2, 0) is 0 Å². The van der Waals surface area contributed by atoms with Gasteiger partial charge in [0.05, 0.1) is 0 Å². The lowest BCUT2D eigenvalue weighted by Crippen LogP contribution is -1.89. The summed E-state index contributed by atoms with van der Waals surface area (Å²) in [6.07, 6.45) is 0. The molecule has 3 N–H and O–H groups in total. The van der Waals surface area contributed by atoms with E-state index in [1.54, 1.807) is 24.3 Å². The molecule has 0 atom stereocenters. The predicted molar refractivity (Wildman–Crippen MR) is 71.0 cm³/mol. The van der Waals surface area contributed by atoms with Crippen molar-refractivity contribution in [3.63, 3.8) is 0 Å². The van der Waals surface area contributed by atoms with Crippen LogP contribution in [0.15, 0.2) is 36.4 Å². The third-order valence-electron chi connectivity index (χ3n) is 2.89. The fourth-order valence-electron chi connectivity index (χ4n) is 1.96. The summed E-state index contributed by atoms with van der Waals surface area (Å²) in [6, 6.07) is 9.70. The van der Waals surface area contributed by atoms with Crippen molar-refractivity contribution in [1.82, 2.24) is 0 Å². The molecule has 0 saturated carbocycles. The van der Waals surface area contributed by atoms with Gasteiger partial charge in [-0.15, -0.1) is 0 Å². The van der Waals surface area contributed by atoms with Crippen LogP contribution in [-0.4, -0.2) is 15.3 Å². The first-order valence-corrected chi connectivity index (χ1v) is 5.83. The van der Waals surface area contributed by atoms with Crippen molar-refractivity contribution in [3.05, 3.63) is 42.0 Å².